The summed E-state index contributed by atoms with van der Waals surface area (Å²) in [5.41, 5.74) is 6.16. The highest BCUT2D eigenvalue weighted by molar-refractivity contribution is 7.91. The number of sulfonamides is 1. The zero-order valence-corrected chi connectivity index (χ0v) is 12.9. The molecule has 1 aromatic heterocycles. The minimum absolute atomic E-state index is 0.225. The van der Waals surface area contributed by atoms with Crippen molar-refractivity contribution >= 4 is 21.4 Å². The molecule has 1 aromatic rings. The number of nitrogens with two attached hydrogens (primary N) is 1. The van der Waals surface area contributed by atoms with Crippen molar-refractivity contribution in [3.05, 3.63) is 10.7 Å². The van der Waals surface area contributed by atoms with Crippen LogP contribution in [0.4, 0.5) is 0 Å². The minimum atomic E-state index is -3.50. The number of nitrogens with one attached hydrogen (secondary N) is 1. The molecule has 5 nitrogen and oxygen atoms in total. The van der Waals surface area contributed by atoms with Crippen LogP contribution >= 0.6 is 11.3 Å². The number of hydrogen-bond donors (Lipinski definition) is 2. The summed E-state index contributed by atoms with van der Waals surface area (Å²) in [6, 6.07) is -0.225. The molecule has 1 rings (SSSR count). The van der Waals surface area contributed by atoms with Crippen molar-refractivity contribution in [1.82, 2.24) is 9.71 Å². The Hall–Kier alpha value is -0.500. The van der Waals surface area contributed by atoms with Gasteiger partial charge in [0, 0.05) is 12.6 Å². The summed E-state index contributed by atoms with van der Waals surface area (Å²) in [4.78, 5) is 4.14. The molecule has 18 heavy (non-hydrogen) atoms. The van der Waals surface area contributed by atoms with Gasteiger partial charge in [0.25, 0.3) is 10.0 Å². The van der Waals surface area contributed by atoms with Gasteiger partial charge in [-0.15, -0.1) is 11.3 Å². The van der Waals surface area contributed by atoms with Gasteiger partial charge in [0.2, 0.25) is 0 Å². The van der Waals surface area contributed by atoms with E-state index in [4.69, 9.17) is 5.73 Å². The van der Waals surface area contributed by atoms with E-state index < -0.39 is 10.0 Å². The Kier molecular flexibility index (Phi) is 5.27. The molecule has 0 saturated carbocycles. The topological polar surface area (TPSA) is 85.1 Å². The summed E-state index contributed by atoms with van der Waals surface area (Å²) in [6.07, 6.45) is 0.729. The van der Waals surface area contributed by atoms with Crippen LogP contribution in [0.3, 0.4) is 0 Å². The van der Waals surface area contributed by atoms with Crippen LogP contribution in [0.25, 0.3) is 0 Å². The summed E-state index contributed by atoms with van der Waals surface area (Å²) < 4.78 is 27.4. The third-order valence-corrected chi connectivity index (χ3v) is 5.67. The van der Waals surface area contributed by atoms with Crippen LogP contribution in [0.2, 0.25) is 0 Å². The first kappa shape index (κ1) is 15.6. The third kappa shape index (κ3) is 4.01. The molecule has 0 amide bonds. The van der Waals surface area contributed by atoms with Crippen LogP contribution in [-0.4, -0.2) is 26.0 Å². The van der Waals surface area contributed by atoms with Crippen LogP contribution in [0.5, 0.6) is 0 Å². The second kappa shape index (κ2) is 6.10. The first-order valence-corrected chi connectivity index (χ1v) is 8.22. The van der Waals surface area contributed by atoms with Gasteiger partial charge in [-0.2, -0.15) is 0 Å². The molecular weight excluding hydrogens is 270 g/mol. The first-order valence-electron chi connectivity index (χ1n) is 5.92. The molecule has 0 aromatic carbocycles. The lowest BCUT2D eigenvalue weighted by Crippen LogP contribution is -2.40. The lowest BCUT2D eigenvalue weighted by molar-refractivity contribution is 0.465. The third-order valence-electron chi connectivity index (χ3n) is 2.47. The van der Waals surface area contributed by atoms with E-state index >= 15 is 0 Å². The zero-order chi connectivity index (χ0) is 13.9. The number of rotatable bonds is 6. The maximum absolute atomic E-state index is 12.2. The summed E-state index contributed by atoms with van der Waals surface area (Å²) in [5, 5.41) is 0.751. The maximum atomic E-state index is 12.2. The molecule has 1 unspecified atom stereocenters. The van der Waals surface area contributed by atoms with Crippen molar-refractivity contribution < 1.29 is 8.42 Å². The van der Waals surface area contributed by atoms with E-state index in [1.165, 1.54) is 11.3 Å². The molecule has 0 bridgehead atoms. The van der Waals surface area contributed by atoms with E-state index in [0.717, 1.165) is 11.4 Å². The molecule has 1 atom stereocenters. The summed E-state index contributed by atoms with van der Waals surface area (Å²) in [5.74, 6) is 0.394. The average molecular weight is 291 g/mol. The second-order valence-electron chi connectivity index (χ2n) is 4.79. The molecule has 104 valence electrons. The lowest BCUT2D eigenvalue weighted by atomic mass is 10.1. The molecule has 0 fully saturated rings. The Balaban J connectivity index is 2.90. The van der Waals surface area contributed by atoms with Crippen LogP contribution in [-0.2, 0) is 10.0 Å². The second-order valence-corrected chi connectivity index (χ2v) is 7.90. The largest absolute Gasteiger partial charge is 0.329 e. The number of nitrogens with zero attached hydrogens (tertiary/aromatic N) is 1. The Morgan fingerprint density at radius 3 is 2.39 bits per heavy atom. The van der Waals surface area contributed by atoms with Gasteiger partial charge in [-0.05, 0) is 26.2 Å². The van der Waals surface area contributed by atoms with Crippen molar-refractivity contribution in [2.45, 2.75) is 44.4 Å². The fourth-order valence-corrected chi connectivity index (χ4v) is 4.56. The summed E-state index contributed by atoms with van der Waals surface area (Å²) >= 11 is 1.19. The maximum Gasteiger partial charge on any atom is 0.252 e. The highest BCUT2D eigenvalue weighted by atomic mass is 32.2. The molecule has 0 aliphatic heterocycles. The predicted octanol–water partition coefficient (Wildman–Crippen LogP) is 1.41. The Morgan fingerprint density at radius 1 is 1.39 bits per heavy atom. The van der Waals surface area contributed by atoms with E-state index in [2.05, 4.69) is 9.71 Å². The zero-order valence-electron chi connectivity index (χ0n) is 11.2. The number of aromatic nitrogens is 1. The molecule has 1 heterocycles. The molecule has 7 heteroatoms. The lowest BCUT2D eigenvalue weighted by Gasteiger charge is -2.18. The van der Waals surface area contributed by atoms with Gasteiger partial charge >= 0.3 is 0 Å². The smallest absolute Gasteiger partial charge is 0.252 e. The molecule has 3 N–H and O–H groups in total. The Morgan fingerprint density at radius 2 is 2.00 bits per heavy atom. The van der Waals surface area contributed by atoms with Crippen LogP contribution in [0, 0.1) is 19.8 Å². The molecule has 0 aliphatic carbocycles. The van der Waals surface area contributed by atoms with Gasteiger partial charge in [0.1, 0.15) is 0 Å². The van der Waals surface area contributed by atoms with Crippen molar-refractivity contribution in [1.29, 1.82) is 0 Å². The molecule has 0 saturated heterocycles. The van der Waals surface area contributed by atoms with Gasteiger partial charge < -0.3 is 5.73 Å². The van der Waals surface area contributed by atoms with Gasteiger partial charge in [-0.25, -0.2) is 18.1 Å². The monoisotopic (exact) mass is 291 g/mol. The molecular formula is C11H21N3O2S2. The molecule has 0 radical (unpaired) electrons. The SMILES string of the molecule is Cc1nc(C)c(S(=O)(=O)NC(CN)CC(C)C)s1. The average Bonchev–Trinajstić information content (AvgIpc) is 2.56. The van der Waals surface area contributed by atoms with E-state index in [0.29, 0.717) is 22.4 Å². The van der Waals surface area contributed by atoms with Gasteiger partial charge in [0.15, 0.2) is 4.21 Å². The molecule has 0 spiro atoms. The van der Waals surface area contributed by atoms with Crippen molar-refractivity contribution in [2.75, 3.05) is 6.54 Å². The molecule has 0 aliphatic rings. The number of aryl methyl sites for hydroxylation is 2. The van der Waals surface area contributed by atoms with E-state index in [9.17, 15) is 8.42 Å². The minimum Gasteiger partial charge on any atom is -0.329 e. The fraction of sp³-hybridized carbons (Fsp3) is 0.727. The van der Waals surface area contributed by atoms with Crippen molar-refractivity contribution in [2.24, 2.45) is 11.7 Å². The quantitative estimate of drug-likeness (QED) is 0.830. The van der Waals surface area contributed by atoms with E-state index in [-0.39, 0.29) is 6.04 Å². The van der Waals surface area contributed by atoms with Gasteiger partial charge in [0.05, 0.1) is 10.7 Å². The van der Waals surface area contributed by atoms with Crippen LogP contribution in [0.1, 0.15) is 31.0 Å². The number of thiazole rings is 1. The predicted molar refractivity (Wildman–Crippen MR) is 74.2 cm³/mol. The summed E-state index contributed by atoms with van der Waals surface area (Å²) in [7, 11) is -3.50. The van der Waals surface area contributed by atoms with Crippen molar-refractivity contribution in [3.63, 3.8) is 0 Å². The fourth-order valence-electron chi connectivity index (χ4n) is 1.80. The van der Waals surface area contributed by atoms with Crippen LogP contribution < -0.4 is 10.5 Å². The first-order chi connectivity index (χ1) is 8.26. The van der Waals surface area contributed by atoms with Gasteiger partial charge in [-0.1, -0.05) is 13.8 Å². The van der Waals surface area contributed by atoms with Gasteiger partial charge in [-0.3, -0.25) is 0 Å². The van der Waals surface area contributed by atoms with E-state index in [1.54, 1.807) is 13.8 Å². The highest BCUT2D eigenvalue weighted by Crippen LogP contribution is 2.23. The standard InChI is InChI=1S/C11H21N3O2S2/c1-7(2)5-10(6-12)14-18(15,16)11-8(3)13-9(4)17-11/h7,10,14H,5-6,12H2,1-4H3. The Labute approximate surface area is 113 Å². The normalized spacial score (nSPS) is 14.1. The Bertz CT molecular complexity index is 494. The summed E-state index contributed by atoms with van der Waals surface area (Å²) in [6.45, 7) is 7.88. The number of hydrogen-bond acceptors (Lipinski definition) is 5. The van der Waals surface area contributed by atoms with Crippen molar-refractivity contribution in [3.8, 4) is 0 Å². The van der Waals surface area contributed by atoms with E-state index in [1.807, 2.05) is 13.8 Å². The van der Waals surface area contributed by atoms with Crippen LogP contribution in [0.15, 0.2) is 4.21 Å². The highest BCUT2D eigenvalue weighted by Gasteiger charge is 2.24.